The van der Waals surface area contributed by atoms with Gasteiger partial charge in [-0.2, -0.15) is 0 Å². The second-order valence-electron chi connectivity index (χ2n) is 5.34. The number of benzene rings is 2. The number of hydrogen-bond donors (Lipinski definition) is 0. The van der Waals surface area contributed by atoms with Gasteiger partial charge >= 0.3 is 5.97 Å². The van der Waals surface area contributed by atoms with Gasteiger partial charge < -0.3 is 14.2 Å². The van der Waals surface area contributed by atoms with Crippen molar-refractivity contribution in [1.29, 1.82) is 0 Å². The lowest BCUT2D eigenvalue weighted by Gasteiger charge is -2.09. The molecule has 0 spiro atoms. The Balaban J connectivity index is 1.66. The van der Waals surface area contributed by atoms with Crippen LogP contribution in [0.4, 0.5) is 4.39 Å². The van der Waals surface area contributed by atoms with Gasteiger partial charge in [0.2, 0.25) is 0 Å². The number of esters is 1. The van der Waals surface area contributed by atoms with Gasteiger partial charge in [-0.15, -0.1) is 0 Å². The molecule has 2 aromatic carbocycles. The van der Waals surface area contributed by atoms with Crippen molar-refractivity contribution in [3.8, 4) is 11.5 Å². The van der Waals surface area contributed by atoms with Gasteiger partial charge in [0.1, 0.15) is 5.82 Å². The molecular weight excluding hydrogens is 395 g/mol. The summed E-state index contributed by atoms with van der Waals surface area (Å²) in [4.78, 5) is 24.3. The van der Waals surface area contributed by atoms with Crippen LogP contribution >= 0.6 is 15.9 Å². The van der Waals surface area contributed by atoms with Crippen LogP contribution in [0.15, 0.2) is 40.9 Å². The molecule has 0 unspecified atom stereocenters. The first-order valence-corrected chi connectivity index (χ1v) is 8.39. The van der Waals surface area contributed by atoms with Gasteiger partial charge in [0.15, 0.2) is 23.9 Å². The number of ether oxygens (including phenoxy) is 3. The molecule has 0 bridgehead atoms. The van der Waals surface area contributed by atoms with Gasteiger partial charge in [0.25, 0.3) is 0 Å². The van der Waals surface area contributed by atoms with Gasteiger partial charge in [-0.3, -0.25) is 4.79 Å². The summed E-state index contributed by atoms with van der Waals surface area (Å²) < 4.78 is 29.4. The second-order valence-corrected chi connectivity index (χ2v) is 6.19. The van der Waals surface area contributed by atoms with Crippen molar-refractivity contribution in [3.63, 3.8) is 0 Å². The molecule has 7 heteroatoms. The van der Waals surface area contributed by atoms with Gasteiger partial charge in [0, 0.05) is 16.5 Å². The van der Waals surface area contributed by atoms with E-state index in [1.165, 1.54) is 6.07 Å². The van der Waals surface area contributed by atoms with Crippen LogP contribution < -0.4 is 9.47 Å². The molecule has 0 fully saturated rings. The number of carbonyl (C=O) groups is 2. The zero-order chi connectivity index (χ0) is 17.8. The Hall–Kier alpha value is -2.41. The summed E-state index contributed by atoms with van der Waals surface area (Å²) in [6.07, 6.45) is 0.766. The number of rotatable bonds is 4. The summed E-state index contributed by atoms with van der Waals surface area (Å²) in [7, 11) is 0. The fraction of sp³-hybridized carbons (Fsp3) is 0.222. The van der Waals surface area contributed by atoms with E-state index in [1.807, 2.05) is 0 Å². The molecule has 0 aromatic heterocycles. The first-order chi connectivity index (χ1) is 12.0. The number of fused-ring (bicyclic) bond motifs is 1. The molecule has 2 aromatic rings. The number of ketones is 1. The molecule has 0 radical (unpaired) electrons. The Morgan fingerprint density at radius 2 is 1.84 bits per heavy atom. The van der Waals surface area contributed by atoms with E-state index in [2.05, 4.69) is 15.9 Å². The van der Waals surface area contributed by atoms with Crippen molar-refractivity contribution in [3.05, 3.63) is 57.8 Å². The predicted octanol–water partition coefficient (Wildman–Crippen LogP) is 3.79. The summed E-state index contributed by atoms with van der Waals surface area (Å²) in [6, 6.07) is 8.42. The first kappa shape index (κ1) is 17.4. The van der Waals surface area contributed by atoms with Crippen LogP contribution in [0.25, 0.3) is 0 Å². The second kappa shape index (κ2) is 7.65. The molecule has 1 aliphatic heterocycles. The van der Waals surface area contributed by atoms with Crippen molar-refractivity contribution in [2.45, 2.75) is 6.42 Å². The fourth-order valence-corrected chi connectivity index (χ4v) is 2.80. The lowest BCUT2D eigenvalue weighted by molar-refractivity contribution is 0.0473. The highest BCUT2D eigenvalue weighted by molar-refractivity contribution is 9.10. The molecular formula is C18H14BrFO5. The van der Waals surface area contributed by atoms with Crippen LogP contribution in [0.5, 0.6) is 11.5 Å². The van der Waals surface area contributed by atoms with Gasteiger partial charge in [-0.25, -0.2) is 9.18 Å². The molecule has 1 aliphatic rings. The smallest absolute Gasteiger partial charge is 0.339 e. The SMILES string of the molecule is O=C(COC(=O)c1ccc(F)cc1Br)c1ccc2c(c1)OCCCO2. The Morgan fingerprint density at radius 3 is 2.60 bits per heavy atom. The molecule has 0 saturated carbocycles. The average molecular weight is 409 g/mol. The van der Waals surface area contributed by atoms with E-state index in [1.54, 1.807) is 18.2 Å². The van der Waals surface area contributed by atoms with Crippen LogP contribution in [-0.4, -0.2) is 31.6 Å². The van der Waals surface area contributed by atoms with Crippen LogP contribution in [0.3, 0.4) is 0 Å². The standard InChI is InChI=1S/C18H14BrFO5/c19-14-9-12(20)3-4-13(14)18(22)25-10-15(21)11-2-5-16-17(8-11)24-7-1-6-23-16/h2-5,8-9H,1,6-7,10H2. The average Bonchev–Trinajstić information content (AvgIpc) is 2.84. The van der Waals surface area contributed by atoms with Crippen molar-refractivity contribution in [2.24, 2.45) is 0 Å². The lowest BCUT2D eigenvalue weighted by atomic mass is 10.1. The van der Waals surface area contributed by atoms with Crippen LogP contribution in [0.2, 0.25) is 0 Å². The molecule has 25 heavy (non-hydrogen) atoms. The summed E-state index contributed by atoms with van der Waals surface area (Å²) in [5.74, 6) is -0.485. The monoisotopic (exact) mass is 408 g/mol. The van der Waals surface area contributed by atoms with Crippen LogP contribution in [0.1, 0.15) is 27.1 Å². The Bertz CT molecular complexity index is 821. The number of halogens is 2. The lowest BCUT2D eigenvalue weighted by Crippen LogP contribution is -2.15. The molecule has 5 nitrogen and oxygen atoms in total. The van der Waals surface area contributed by atoms with Gasteiger partial charge in [-0.05, 0) is 52.3 Å². The van der Waals surface area contributed by atoms with E-state index in [4.69, 9.17) is 14.2 Å². The predicted molar refractivity (Wildman–Crippen MR) is 90.8 cm³/mol. The molecule has 0 aliphatic carbocycles. The third-order valence-corrected chi connectivity index (χ3v) is 4.21. The topological polar surface area (TPSA) is 61.8 Å². The first-order valence-electron chi connectivity index (χ1n) is 7.59. The molecule has 0 atom stereocenters. The summed E-state index contributed by atoms with van der Waals surface area (Å²) >= 11 is 3.09. The quantitative estimate of drug-likeness (QED) is 0.568. The number of Topliss-reactive ketones (excluding diaryl/α,β-unsaturated/α-hetero) is 1. The van der Waals surface area contributed by atoms with E-state index in [9.17, 15) is 14.0 Å². The normalized spacial score (nSPS) is 13.0. The van der Waals surface area contributed by atoms with E-state index in [0.29, 0.717) is 30.3 Å². The number of hydrogen-bond acceptors (Lipinski definition) is 5. The molecule has 3 rings (SSSR count). The molecule has 1 heterocycles. The van der Waals surface area contributed by atoms with Crippen molar-refractivity contribution in [1.82, 2.24) is 0 Å². The van der Waals surface area contributed by atoms with Crippen LogP contribution in [0, 0.1) is 5.82 Å². The Morgan fingerprint density at radius 1 is 1.08 bits per heavy atom. The highest BCUT2D eigenvalue weighted by Crippen LogP contribution is 2.30. The maximum atomic E-state index is 13.1. The summed E-state index contributed by atoms with van der Waals surface area (Å²) in [5, 5.41) is 0. The minimum atomic E-state index is -0.713. The zero-order valence-corrected chi connectivity index (χ0v) is 14.7. The van der Waals surface area contributed by atoms with Gasteiger partial charge in [0.05, 0.1) is 18.8 Å². The third-order valence-electron chi connectivity index (χ3n) is 3.55. The maximum absolute atomic E-state index is 13.1. The van der Waals surface area contributed by atoms with Gasteiger partial charge in [-0.1, -0.05) is 0 Å². The fourth-order valence-electron chi connectivity index (χ4n) is 2.28. The van der Waals surface area contributed by atoms with Crippen molar-refractivity contribution < 1.29 is 28.2 Å². The van der Waals surface area contributed by atoms with Crippen molar-refractivity contribution >= 4 is 27.7 Å². The highest BCUT2D eigenvalue weighted by atomic mass is 79.9. The van der Waals surface area contributed by atoms with E-state index < -0.39 is 18.4 Å². The number of carbonyl (C=O) groups excluding carboxylic acids is 2. The van der Waals surface area contributed by atoms with Crippen molar-refractivity contribution in [2.75, 3.05) is 19.8 Å². The summed E-state index contributed by atoms with van der Waals surface area (Å²) in [6.45, 7) is 0.644. The Labute approximate surface area is 151 Å². The maximum Gasteiger partial charge on any atom is 0.339 e. The molecule has 130 valence electrons. The van der Waals surface area contributed by atoms with E-state index in [0.717, 1.165) is 18.6 Å². The third kappa shape index (κ3) is 4.17. The largest absolute Gasteiger partial charge is 0.490 e. The molecule has 0 amide bonds. The minimum Gasteiger partial charge on any atom is -0.490 e. The van der Waals surface area contributed by atoms with E-state index >= 15 is 0 Å². The zero-order valence-electron chi connectivity index (χ0n) is 13.1. The minimum absolute atomic E-state index is 0.146. The van der Waals surface area contributed by atoms with Crippen LogP contribution in [-0.2, 0) is 4.74 Å². The summed E-state index contributed by atoms with van der Waals surface area (Å²) in [5.41, 5.74) is 0.503. The highest BCUT2D eigenvalue weighted by Gasteiger charge is 2.17. The Kier molecular flexibility index (Phi) is 5.33. The molecule has 0 N–H and O–H groups in total. The molecule has 0 saturated heterocycles. The van der Waals surface area contributed by atoms with E-state index in [-0.39, 0.29) is 15.8 Å².